The Kier molecular flexibility index (Phi) is 5.21. The van der Waals surface area contributed by atoms with Crippen LogP contribution < -0.4 is 5.73 Å². The lowest BCUT2D eigenvalue weighted by atomic mass is 10.0. The number of rotatable bonds is 5. The molecule has 2 N–H and O–H groups in total. The largest absolute Gasteiger partial charge is 0.319 e. The molecule has 1 heterocycles. The third-order valence-electron chi connectivity index (χ3n) is 3.09. The molecule has 108 valence electrons. The number of nitrogens with two attached hydrogens (primary N) is 1. The molecule has 0 radical (unpaired) electrons. The molecule has 0 saturated heterocycles. The van der Waals surface area contributed by atoms with Crippen molar-refractivity contribution in [1.82, 2.24) is 14.7 Å². The first kappa shape index (κ1) is 15.5. The van der Waals surface area contributed by atoms with Crippen LogP contribution in [0.15, 0.2) is 34.9 Å². The van der Waals surface area contributed by atoms with Crippen LogP contribution in [-0.4, -0.2) is 35.3 Å². The van der Waals surface area contributed by atoms with E-state index in [1.807, 2.05) is 43.0 Å². The van der Waals surface area contributed by atoms with Gasteiger partial charge in [0.1, 0.15) is 0 Å². The quantitative estimate of drug-likeness (QED) is 0.895. The minimum absolute atomic E-state index is 0.257. The van der Waals surface area contributed by atoms with E-state index in [1.54, 1.807) is 6.20 Å². The fourth-order valence-corrected chi connectivity index (χ4v) is 2.75. The van der Waals surface area contributed by atoms with Crippen LogP contribution in [-0.2, 0) is 6.54 Å². The van der Waals surface area contributed by atoms with Gasteiger partial charge in [-0.05, 0) is 47.7 Å². The number of benzene rings is 1. The molecule has 0 amide bonds. The van der Waals surface area contributed by atoms with Gasteiger partial charge in [-0.3, -0.25) is 4.68 Å². The molecule has 0 bridgehead atoms. The van der Waals surface area contributed by atoms with Crippen molar-refractivity contribution in [3.05, 3.63) is 51.2 Å². The Labute approximate surface area is 132 Å². The summed E-state index contributed by atoms with van der Waals surface area (Å²) >= 11 is 9.57. The van der Waals surface area contributed by atoms with Crippen molar-refractivity contribution in [2.24, 2.45) is 5.73 Å². The number of likely N-dealkylation sites (N-methyl/N-ethyl adjacent to an activating group) is 1. The summed E-state index contributed by atoms with van der Waals surface area (Å²) in [6, 6.07) is 7.36. The van der Waals surface area contributed by atoms with E-state index in [0.29, 0.717) is 5.02 Å². The minimum atomic E-state index is -0.257. The van der Waals surface area contributed by atoms with Gasteiger partial charge in [0.05, 0.1) is 29.0 Å². The molecule has 4 nitrogen and oxygen atoms in total. The summed E-state index contributed by atoms with van der Waals surface area (Å²) in [5.41, 5.74) is 8.32. The van der Waals surface area contributed by atoms with E-state index in [9.17, 15) is 0 Å². The van der Waals surface area contributed by atoms with Crippen LogP contribution in [0.1, 0.15) is 17.3 Å². The first-order valence-corrected chi connectivity index (χ1v) is 7.53. The predicted molar refractivity (Wildman–Crippen MR) is 86.0 cm³/mol. The summed E-state index contributed by atoms with van der Waals surface area (Å²) in [5, 5.41) is 5.08. The highest BCUT2D eigenvalue weighted by Gasteiger charge is 2.18. The van der Waals surface area contributed by atoms with Gasteiger partial charge in [0.25, 0.3) is 0 Å². The molecule has 0 aliphatic rings. The highest BCUT2D eigenvalue weighted by molar-refractivity contribution is 9.10. The molecule has 0 aliphatic heterocycles. The van der Waals surface area contributed by atoms with E-state index in [4.69, 9.17) is 17.3 Å². The Morgan fingerprint density at radius 1 is 1.45 bits per heavy atom. The Hall–Kier alpha value is -0.880. The Balaban J connectivity index is 2.29. The van der Waals surface area contributed by atoms with Crippen LogP contribution in [0.5, 0.6) is 0 Å². The van der Waals surface area contributed by atoms with E-state index in [0.717, 1.165) is 28.8 Å². The van der Waals surface area contributed by atoms with Gasteiger partial charge in [-0.25, -0.2) is 0 Å². The van der Waals surface area contributed by atoms with Crippen molar-refractivity contribution in [2.75, 3.05) is 20.6 Å². The zero-order valence-electron chi connectivity index (χ0n) is 11.6. The van der Waals surface area contributed by atoms with Crippen LogP contribution in [0.2, 0.25) is 5.02 Å². The molecular formula is C14H18BrClN4. The second-order valence-corrected chi connectivity index (χ2v) is 6.23. The van der Waals surface area contributed by atoms with Crippen LogP contribution >= 0.6 is 27.5 Å². The lowest BCUT2D eigenvalue weighted by molar-refractivity contribution is 0.368. The van der Waals surface area contributed by atoms with Gasteiger partial charge in [0.2, 0.25) is 0 Å². The Morgan fingerprint density at radius 3 is 2.85 bits per heavy atom. The standard InChI is InChI=1S/C14H18BrClN4/c1-19(2)6-7-20-14(12(15)9-18-20)13(17)10-4-3-5-11(16)8-10/h3-5,8-9,13H,6-7,17H2,1-2H3. The first-order valence-electron chi connectivity index (χ1n) is 6.36. The molecule has 2 aromatic rings. The second kappa shape index (κ2) is 6.72. The molecule has 0 fully saturated rings. The third-order valence-corrected chi connectivity index (χ3v) is 3.94. The van der Waals surface area contributed by atoms with Crippen molar-refractivity contribution in [2.45, 2.75) is 12.6 Å². The van der Waals surface area contributed by atoms with E-state index in [1.165, 1.54) is 0 Å². The van der Waals surface area contributed by atoms with Gasteiger partial charge >= 0.3 is 0 Å². The highest BCUT2D eigenvalue weighted by Crippen LogP contribution is 2.28. The maximum atomic E-state index is 6.37. The van der Waals surface area contributed by atoms with E-state index < -0.39 is 0 Å². The number of halogens is 2. The lowest BCUT2D eigenvalue weighted by Crippen LogP contribution is -2.23. The predicted octanol–water partition coefficient (Wildman–Crippen LogP) is 2.91. The van der Waals surface area contributed by atoms with Gasteiger partial charge in [-0.15, -0.1) is 0 Å². The normalized spacial score (nSPS) is 12.9. The van der Waals surface area contributed by atoms with Crippen molar-refractivity contribution in [3.8, 4) is 0 Å². The highest BCUT2D eigenvalue weighted by atomic mass is 79.9. The van der Waals surface area contributed by atoms with E-state index in [2.05, 4.69) is 25.9 Å². The van der Waals surface area contributed by atoms with Gasteiger partial charge in [0.15, 0.2) is 0 Å². The van der Waals surface area contributed by atoms with E-state index >= 15 is 0 Å². The Morgan fingerprint density at radius 2 is 2.20 bits per heavy atom. The van der Waals surface area contributed by atoms with Crippen molar-refractivity contribution < 1.29 is 0 Å². The van der Waals surface area contributed by atoms with Gasteiger partial charge < -0.3 is 10.6 Å². The summed E-state index contributed by atoms with van der Waals surface area (Å²) in [4.78, 5) is 2.12. The molecule has 1 unspecified atom stereocenters. The summed E-state index contributed by atoms with van der Waals surface area (Å²) < 4.78 is 2.86. The fourth-order valence-electron chi connectivity index (χ4n) is 2.01. The van der Waals surface area contributed by atoms with Crippen molar-refractivity contribution in [1.29, 1.82) is 0 Å². The minimum Gasteiger partial charge on any atom is -0.319 e. The smallest absolute Gasteiger partial charge is 0.0739 e. The monoisotopic (exact) mass is 356 g/mol. The average Bonchev–Trinajstić information content (AvgIpc) is 2.76. The summed E-state index contributed by atoms with van der Waals surface area (Å²) in [6.45, 7) is 1.70. The maximum Gasteiger partial charge on any atom is 0.0739 e. The second-order valence-electron chi connectivity index (χ2n) is 4.94. The molecule has 20 heavy (non-hydrogen) atoms. The van der Waals surface area contributed by atoms with Crippen molar-refractivity contribution >= 4 is 27.5 Å². The molecule has 0 saturated carbocycles. The third kappa shape index (κ3) is 3.61. The fraction of sp³-hybridized carbons (Fsp3) is 0.357. The first-order chi connectivity index (χ1) is 9.49. The van der Waals surface area contributed by atoms with Gasteiger partial charge in [-0.1, -0.05) is 23.7 Å². The summed E-state index contributed by atoms with van der Waals surface area (Å²) in [7, 11) is 4.07. The summed E-state index contributed by atoms with van der Waals surface area (Å²) in [5.74, 6) is 0. The molecule has 1 aromatic carbocycles. The lowest BCUT2D eigenvalue weighted by Gasteiger charge is -2.17. The molecule has 0 spiro atoms. The van der Waals surface area contributed by atoms with Gasteiger partial charge in [-0.2, -0.15) is 5.10 Å². The molecular weight excluding hydrogens is 340 g/mol. The van der Waals surface area contributed by atoms with Crippen LogP contribution in [0.25, 0.3) is 0 Å². The molecule has 2 rings (SSSR count). The number of hydrogen-bond acceptors (Lipinski definition) is 3. The zero-order valence-corrected chi connectivity index (χ0v) is 13.9. The van der Waals surface area contributed by atoms with Crippen LogP contribution in [0, 0.1) is 0 Å². The van der Waals surface area contributed by atoms with Crippen molar-refractivity contribution in [3.63, 3.8) is 0 Å². The molecule has 1 aromatic heterocycles. The number of nitrogens with zero attached hydrogens (tertiary/aromatic N) is 3. The Bertz CT molecular complexity index is 582. The van der Waals surface area contributed by atoms with Crippen LogP contribution in [0.3, 0.4) is 0 Å². The summed E-state index contributed by atoms with van der Waals surface area (Å²) in [6.07, 6.45) is 1.79. The molecule has 0 aliphatic carbocycles. The van der Waals surface area contributed by atoms with Crippen LogP contribution in [0.4, 0.5) is 0 Å². The topological polar surface area (TPSA) is 47.1 Å². The number of hydrogen-bond donors (Lipinski definition) is 1. The number of aromatic nitrogens is 2. The zero-order chi connectivity index (χ0) is 14.7. The molecule has 6 heteroatoms. The van der Waals surface area contributed by atoms with Gasteiger partial charge in [0, 0.05) is 11.6 Å². The SMILES string of the molecule is CN(C)CCn1ncc(Br)c1C(N)c1cccc(Cl)c1. The molecule has 1 atom stereocenters. The average molecular weight is 358 g/mol. The van der Waals surface area contributed by atoms with E-state index in [-0.39, 0.29) is 6.04 Å². The maximum absolute atomic E-state index is 6.37.